The Hall–Kier alpha value is -1.71. The molecule has 0 bridgehead atoms. The number of hydrogen-bond donors (Lipinski definition) is 3. The Morgan fingerprint density at radius 2 is 1.64 bits per heavy atom. The number of phenols is 3. The van der Waals surface area contributed by atoms with Gasteiger partial charge in [-0.25, -0.2) is 0 Å². The molecule has 0 aliphatic heterocycles. The van der Waals surface area contributed by atoms with Gasteiger partial charge in [0, 0.05) is 17.7 Å². The minimum Gasteiger partial charge on any atom is -0.508 e. The number of hydrogen-bond acceptors (Lipinski definition) is 4. The van der Waals surface area contributed by atoms with E-state index in [9.17, 15) is 15.0 Å². The Morgan fingerprint density at radius 3 is 2.00 bits per heavy atom. The molecule has 1 aromatic carbocycles. The maximum Gasteiger partial charge on any atom is 0.130 e. The summed E-state index contributed by atoms with van der Waals surface area (Å²) in [4.78, 5) is 10.8. The molecule has 14 heavy (non-hydrogen) atoms. The third-order valence-corrected chi connectivity index (χ3v) is 2.59. The lowest BCUT2D eigenvalue weighted by Gasteiger charge is -2.12. The van der Waals surface area contributed by atoms with Crippen molar-refractivity contribution in [3.05, 3.63) is 17.7 Å². The highest BCUT2D eigenvalue weighted by atomic mass is 16.3. The molecule has 1 fully saturated rings. The summed E-state index contributed by atoms with van der Waals surface area (Å²) in [7, 11) is 0. The second-order valence-electron chi connectivity index (χ2n) is 3.63. The highest BCUT2D eigenvalue weighted by Gasteiger charge is 2.48. The van der Waals surface area contributed by atoms with E-state index in [2.05, 4.69) is 0 Å². The molecule has 2 rings (SSSR count). The van der Waals surface area contributed by atoms with E-state index < -0.39 is 5.41 Å². The molecule has 4 nitrogen and oxygen atoms in total. The molecule has 0 radical (unpaired) electrons. The van der Waals surface area contributed by atoms with Crippen LogP contribution in [-0.2, 0) is 10.2 Å². The number of aromatic hydroxyl groups is 3. The van der Waals surface area contributed by atoms with Crippen molar-refractivity contribution in [2.75, 3.05) is 0 Å². The van der Waals surface area contributed by atoms with Crippen LogP contribution in [0.3, 0.4) is 0 Å². The SMILES string of the molecule is O=CC1(c2c(O)cc(O)cc2O)CC1. The molecule has 1 aromatic rings. The fourth-order valence-corrected chi connectivity index (χ4v) is 1.67. The summed E-state index contributed by atoms with van der Waals surface area (Å²) in [5.74, 6) is -0.676. The molecule has 0 aromatic heterocycles. The van der Waals surface area contributed by atoms with Crippen LogP contribution in [0.2, 0.25) is 0 Å². The average Bonchev–Trinajstić information content (AvgIpc) is 2.83. The number of carbonyl (C=O) groups excluding carboxylic acids is 1. The van der Waals surface area contributed by atoms with E-state index in [0.717, 1.165) is 18.4 Å². The topological polar surface area (TPSA) is 77.8 Å². The van der Waals surface area contributed by atoms with Gasteiger partial charge in [0.05, 0.1) is 5.41 Å². The number of aldehydes is 1. The summed E-state index contributed by atoms with van der Waals surface area (Å²) in [6.45, 7) is 0. The monoisotopic (exact) mass is 194 g/mol. The van der Waals surface area contributed by atoms with Crippen molar-refractivity contribution >= 4 is 6.29 Å². The van der Waals surface area contributed by atoms with Crippen LogP contribution in [0.15, 0.2) is 12.1 Å². The van der Waals surface area contributed by atoms with Crippen LogP contribution in [-0.4, -0.2) is 21.6 Å². The van der Waals surface area contributed by atoms with Gasteiger partial charge in [-0.1, -0.05) is 0 Å². The summed E-state index contributed by atoms with van der Waals surface area (Å²) < 4.78 is 0. The molecule has 0 heterocycles. The first-order valence-electron chi connectivity index (χ1n) is 4.31. The molecule has 0 atom stereocenters. The molecule has 0 amide bonds. The van der Waals surface area contributed by atoms with Crippen molar-refractivity contribution in [3.63, 3.8) is 0 Å². The molecular formula is C10H10O4. The van der Waals surface area contributed by atoms with Crippen LogP contribution in [0, 0.1) is 0 Å². The van der Waals surface area contributed by atoms with E-state index >= 15 is 0 Å². The molecule has 0 spiro atoms. The number of rotatable bonds is 2. The molecule has 1 aliphatic rings. The van der Waals surface area contributed by atoms with Crippen molar-refractivity contribution < 1.29 is 20.1 Å². The Kier molecular flexibility index (Phi) is 1.67. The highest BCUT2D eigenvalue weighted by molar-refractivity contribution is 5.77. The van der Waals surface area contributed by atoms with E-state index in [1.807, 2.05) is 0 Å². The van der Waals surface area contributed by atoms with E-state index in [-0.39, 0.29) is 22.8 Å². The van der Waals surface area contributed by atoms with Crippen molar-refractivity contribution in [2.24, 2.45) is 0 Å². The summed E-state index contributed by atoms with van der Waals surface area (Å²) >= 11 is 0. The lowest BCUT2D eigenvalue weighted by atomic mass is 9.95. The van der Waals surface area contributed by atoms with Crippen LogP contribution in [0.4, 0.5) is 0 Å². The minimum absolute atomic E-state index is 0.217. The maximum absolute atomic E-state index is 10.8. The standard InChI is InChI=1S/C10H10O4/c11-5-10(1-2-10)9-7(13)3-6(12)4-8(9)14/h3-5,12-14H,1-2H2. The van der Waals surface area contributed by atoms with E-state index in [1.165, 1.54) is 0 Å². The first-order chi connectivity index (χ1) is 6.59. The number of phenolic OH excluding ortho intramolecular Hbond substituents is 3. The predicted molar refractivity (Wildman–Crippen MR) is 48.4 cm³/mol. The van der Waals surface area contributed by atoms with Gasteiger partial charge >= 0.3 is 0 Å². The maximum atomic E-state index is 10.8. The van der Waals surface area contributed by atoms with E-state index in [0.29, 0.717) is 12.8 Å². The predicted octanol–water partition coefficient (Wildman–Crippen LogP) is 1.03. The van der Waals surface area contributed by atoms with Crippen molar-refractivity contribution in [1.29, 1.82) is 0 Å². The Bertz CT molecular complexity index is 370. The second kappa shape index (κ2) is 2.64. The third-order valence-electron chi connectivity index (χ3n) is 2.59. The zero-order valence-corrected chi connectivity index (χ0v) is 7.40. The lowest BCUT2D eigenvalue weighted by Crippen LogP contribution is -2.08. The number of benzene rings is 1. The van der Waals surface area contributed by atoms with Crippen LogP contribution in [0.1, 0.15) is 18.4 Å². The smallest absolute Gasteiger partial charge is 0.130 e. The largest absolute Gasteiger partial charge is 0.508 e. The van der Waals surface area contributed by atoms with Gasteiger partial charge in [-0.3, -0.25) is 0 Å². The molecular weight excluding hydrogens is 184 g/mol. The van der Waals surface area contributed by atoms with Gasteiger partial charge in [-0.15, -0.1) is 0 Å². The summed E-state index contributed by atoms with van der Waals surface area (Å²) in [5.41, 5.74) is -0.507. The van der Waals surface area contributed by atoms with Gasteiger partial charge in [0.1, 0.15) is 23.5 Å². The highest BCUT2D eigenvalue weighted by Crippen LogP contribution is 2.53. The van der Waals surface area contributed by atoms with Crippen molar-refractivity contribution in [3.8, 4) is 17.2 Å². The minimum atomic E-state index is -0.734. The quantitative estimate of drug-likeness (QED) is 0.614. The van der Waals surface area contributed by atoms with Crippen LogP contribution < -0.4 is 0 Å². The normalized spacial score (nSPS) is 17.7. The van der Waals surface area contributed by atoms with Gasteiger partial charge in [-0.05, 0) is 12.8 Å². The molecule has 4 heteroatoms. The molecule has 74 valence electrons. The Labute approximate surface area is 80.4 Å². The summed E-state index contributed by atoms with van der Waals surface area (Å²) in [6.07, 6.45) is 1.99. The lowest BCUT2D eigenvalue weighted by molar-refractivity contribution is -0.110. The van der Waals surface area contributed by atoms with Gasteiger partial charge in [0.25, 0.3) is 0 Å². The Balaban J connectivity index is 2.58. The summed E-state index contributed by atoms with van der Waals surface area (Å²) in [6, 6.07) is 2.25. The fourth-order valence-electron chi connectivity index (χ4n) is 1.67. The molecule has 1 aliphatic carbocycles. The van der Waals surface area contributed by atoms with Crippen molar-refractivity contribution in [2.45, 2.75) is 18.3 Å². The zero-order valence-electron chi connectivity index (χ0n) is 7.40. The first kappa shape index (κ1) is 8.87. The number of carbonyl (C=O) groups is 1. The van der Waals surface area contributed by atoms with Gasteiger partial charge in [-0.2, -0.15) is 0 Å². The fraction of sp³-hybridized carbons (Fsp3) is 0.300. The molecule has 0 saturated heterocycles. The van der Waals surface area contributed by atoms with Crippen LogP contribution in [0.25, 0.3) is 0 Å². The van der Waals surface area contributed by atoms with Gasteiger partial charge in [0.15, 0.2) is 0 Å². The van der Waals surface area contributed by atoms with Gasteiger partial charge in [0.2, 0.25) is 0 Å². The van der Waals surface area contributed by atoms with Crippen molar-refractivity contribution in [1.82, 2.24) is 0 Å². The molecule has 1 saturated carbocycles. The zero-order chi connectivity index (χ0) is 10.3. The molecule has 3 N–H and O–H groups in total. The molecule has 0 unspecified atom stereocenters. The second-order valence-corrected chi connectivity index (χ2v) is 3.63. The van der Waals surface area contributed by atoms with E-state index in [4.69, 9.17) is 5.11 Å². The van der Waals surface area contributed by atoms with Crippen LogP contribution in [0.5, 0.6) is 17.2 Å². The summed E-state index contributed by atoms with van der Waals surface area (Å²) in [5, 5.41) is 28.1. The Morgan fingerprint density at radius 1 is 1.14 bits per heavy atom. The van der Waals surface area contributed by atoms with E-state index in [1.54, 1.807) is 0 Å². The first-order valence-corrected chi connectivity index (χ1v) is 4.31. The average molecular weight is 194 g/mol. The van der Waals surface area contributed by atoms with Crippen LogP contribution >= 0.6 is 0 Å². The third kappa shape index (κ3) is 1.11. The van der Waals surface area contributed by atoms with Gasteiger partial charge < -0.3 is 20.1 Å².